The first-order chi connectivity index (χ1) is 15.7. The highest BCUT2D eigenvalue weighted by molar-refractivity contribution is 5.77. The van der Waals surface area contributed by atoms with E-state index in [4.69, 9.17) is 29.4 Å². The van der Waals surface area contributed by atoms with Crippen LogP contribution in [-0.2, 0) is 49.0 Å². The second-order valence-electron chi connectivity index (χ2n) is 7.04. The number of nitrogen functional groups attached to an aromatic ring is 1. The van der Waals surface area contributed by atoms with Gasteiger partial charge in [-0.25, -0.2) is 4.79 Å². The minimum absolute atomic E-state index is 0.328. The maximum atomic E-state index is 12.9. The summed E-state index contributed by atoms with van der Waals surface area (Å²) in [6, 6.07) is 2.17. The van der Waals surface area contributed by atoms with Crippen molar-refractivity contribution in [1.29, 1.82) is 0 Å². The Morgan fingerprint density at radius 1 is 0.912 bits per heavy atom. The summed E-state index contributed by atoms with van der Waals surface area (Å²) in [5.74, 6) is -4.10. The lowest BCUT2D eigenvalue weighted by Crippen LogP contribution is -2.64. The van der Waals surface area contributed by atoms with Crippen molar-refractivity contribution >= 4 is 29.6 Å². The SMILES string of the molecule is COC(=O)[C@H]1O[C@@H](Oc2ccc(C(F)(F)F)cc2N)[C@H](OC(C)=O)[C@@H](OC(C)=O)[C@@H]1OC(C)=O. The summed E-state index contributed by atoms with van der Waals surface area (Å²) in [6.45, 7) is 3.01. The summed E-state index contributed by atoms with van der Waals surface area (Å²) in [5.41, 5.74) is 4.16. The summed E-state index contributed by atoms with van der Waals surface area (Å²) in [7, 11) is 0.999. The molecule has 0 amide bonds. The number of anilines is 1. The molecule has 1 saturated heterocycles. The third-order valence-corrected chi connectivity index (χ3v) is 4.41. The molecule has 0 saturated carbocycles. The summed E-state index contributed by atoms with van der Waals surface area (Å²) in [6.07, 6.45) is -13.0. The van der Waals surface area contributed by atoms with Gasteiger partial charge in [0, 0.05) is 20.8 Å². The van der Waals surface area contributed by atoms with Crippen LogP contribution in [0.25, 0.3) is 0 Å². The van der Waals surface area contributed by atoms with Crippen LogP contribution in [0.2, 0.25) is 0 Å². The Balaban J connectivity index is 2.53. The fraction of sp³-hybridized carbons (Fsp3) is 0.500. The van der Waals surface area contributed by atoms with Gasteiger partial charge in [-0.15, -0.1) is 0 Å². The maximum absolute atomic E-state index is 12.9. The molecule has 1 fully saturated rings. The first kappa shape index (κ1) is 26.7. The van der Waals surface area contributed by atoms with Crippen molar-refractivity contribution < 1.29 is 60.8 Å². The van der Waals surface area contributed by atoms with Crippen molar-refractivity contribution in [3.63, 3.8) is 0 Å². The minimum Gasteiger partial charge on any atom is -0.467 e. The van der Waals surface area contributed by atoms with Gasteiger partial charge in [0.25, 0.3) is 0 Å². The Kier molecular flexibility index (Phi) is 8.31. The van der Waals surface area contributed by atoms with Crippen LogP contribution in [0.5, 0.6) is 5.75 Å². The van der Waals surface area contributed by atoms with E-state index < -0.39 is 72.0 Å². The second-order valence-corrected chi connectivity index (χ2v) is 7.04. The first-order valence-electron chi connectivity index (χ1n) is 9.63. The molecule has 0 spiro atoms. The van der Waals surface area contributed by atoms with Gasteiger partial charge in [-0.05, 0) is 18.2 Å². The molecular weight excluding hydrogens is 471 g/mol. The summed E-state index contributed by atoms with van der Waals surface area (Å²) >= 11 is 0. The number of hydrogen-bond donors (Lipinski definition) is 1. The molecule has 1 heterocycles. The van der Waals surface area contributed by atoms with E-state index in [0.29, 0.717) is 12.1 Å². The number of carbonyl (C=O) groups excluding carboxylic acids is 4. The molecule has 0 unspecified atom stereocenters. The van der Waals surface area contributed by atoms with E-state index in [1.54, 1.807) is 0 Å². The summed E-state index contributed by atoms with van der Waals surface area (Å²) in [5, 5.41) is 0. The molecule has 2 N–H and O–H groups in total. The smallest absolute Gasteiger partial charge is 0.416 e. The minimum atomic E-state index is -4.68. The predicted molar refractivity (Wildman–Crippen MR) is 104 cm³/mol. The monoisotopic (exact) mass is 493 g/mol. The van der Waals surface area contributed by atoms with Crippen molar-refractivity contribution in [3.8, 4) is 5.75 Å². The van der Waals surface area contributed by atoms with Gasteiger partial charge >= 0.3 is 30.1 Å². The molecule has 0 radical (unpaired) electrons. The zero-order valence-corrected chi connectivity index (χ0v) is 18.4. The number of benzene rings is 1. The molecule has 1 aromatic carbocycles. The number of nitrogens with two attached hydrogens (primary N) is 1. The van der Waals surface area contributed by atoms with Crippen LogP contribution in [0.4, 0.5) is 18.9 Å². The lowest BCUT2D eigenvalue weighted by Gasteiger charge is -2.43. The summed E-state index contributed by atoms with van der Waals surface area (Å²) < 4.78 is 69.9. The molecule has 11 nitrogen and oxygen atoms in total. The highest BCUT2D eigenvalue weighted by Gasteiger charge is 2.56. The van der Waals surface area contributed by atoms with E-state index in [9.17, 15) is 32.3 Å². The van der Waals surface area contributed by atoms with Crippen LogP contribution < -0.4 is 10.5 Å². The van der Waals surface area contributed by atoms with Crippen molar-refractivity contribution in [1.82, 2.24) is 0 Å². The van der Waals surface area contributed by atoms with Crippen LogP contribution in [0.15, 0.2) is 18.2 Å². The normalized spacial score (nSPS) is 24.5. The maximum Gasteiger partial charge on any atom is 0.416 e. The number of alkyl halides is 3. The Labute approximate surface area is 191 Å². The Hall–Kier alpha value is -3.55. The average molecular weight is 493 g/mol. The second kappa shape index (κ2) is 10.6. The van der Waals surface area contributed by atoms with Gasteiger partial charge in [0.1, 0.15) is 5.75 Å². The predicted octanol–water partition coefficient (Wildman–Crippen LogP) is 1.36. The molecule has 1 aromatic rings. The zero-order chi connectivity index (χ0) is 25.8. The number of rotatable bonds is 6. The van der Waals surface area contributed by atoms with E-state index >= 15 is 0 Å². The van der Waals surface area contributed by atoms with Crippen molar-refractivity contribution in [2.24, 2.45) is 0 Å². The zero-order valence-electron chi connectivity index (χ0n) is 18.4. The third kappa shape index (κ3) is 6.50. The van der Waals surface area contributed by atoms with Gasteiger partial charge in [-0.3, -0.25) is 14.4 Å². The Morgan fingerprint density at radius 3 is 1.91 bits per heavy atom. The molecule has 1 aliphatic heterocycles. The molecule has 188 valence electrons. The van der Waals surface area contributed by atoms with Gasteiger partial charge < -0.3 is 34.2 Å². The van der Waals surface area contributed by atoms with Gasteiger partial charge in [0.05, 0.1) is 18.4 Å². The Morgan fingerprint density at radius 2 is 1.44 bits per heavy atom. The van der Waals surface area contributed by atoms with Crippen molar-refractivity contribution in [3.05, 3.63) is 23.8 Å². The number of ether oxygens (including phenoxy) is 6. The summed E-state index contributed by atoms with van der Waals surface area (Å²) in [4.78, 5) is 47.5. The Bertz CT molecular complexity index is 951. The standard InChI is InChI=1S/C20H22F3NO10/c1-8(25)30-14-15(31-9(2)26)17(32-10(3)27)19(34-16(14)18(28)29-4)33-13-6-5-11(7-12(13)24)20(21,22)23/h5-7,14-17,19H,24H2,1-4H3/t14-,15-,16-,17+,19+/m0/s1. The van der Waals surface area contributed by atoms with Crippen LogP contribution in [-0.4, -0.2) is 61.7 Å². The fourth-order valence-corrected chi connectivity index (χ4v) is 3.13. The van der Waals surface area contributed by atoms with E-state index in [-0.39, 0.29) is 5.75 Å². The number of carbonyl (C=O) groups is 4. The molecule has 2 rings (SSSR count). The lowest BCUT2D eigenvalue weighted by atomic mass is 9.97. The highest BCUT2D eigenvalue weighted by Crippen LogP contribution is 2.36. The van der Waals surface area contributed by atoms with E-state index in [2.05, 4.69) is 4.74 Å². The fourth-order valence-electron chi connectivity index (χ4n) is 3.13. The number of halogens is 3. The van der Waals surface area contributed by atoms with Gasteiger partial charge in [-0.1, -0.05) is 0 Å². The quantitative estimate of drug-likeness (QED) is 0.348. The molecule has 14 heteroatoms. The molecule has 5 atom stereocenters. The van der Waals surface area contributed by atoms with E-state index in [1.807, 2.05) is 0 Å². The van der Waals surface area contributed by atoms with Crippen LogP contribution in [0.1, 0.15) is 26.3 Å². The molecule has 1 aliphatic rings. The van der Waals surface area contributed by atoms with Crippen molar-refractivity contribution in [2.45, 2.75) is 57.7 Å². The molecule has 0 bridgehead atoms. The molecule has 0 aromatic heterocycles. The average Bonchev–Trinajstić information content (AvgIpc) is 2.71. The van der Waals surface area contributed by atoms with Crippen LogP contribution in [0.3, 0.4) is 0 Å². The molecular formula is C20H22F3NO10. The van der Waals surface area contributed by atoms with Crippen molar-refractivity contribution in [2.75, 3.05) is 12.8 Å². The number of hydrogen-bond acceptors (Lipinski definition) is 11. The van der Waals surface area contributed by atoms with Crippen LogP contribution in [0, 0.1) is 0 Å². The van der Waals surface area contributed by atoms with Gasteiger partial charge in [0.2, 0.25) is 12.4 Å². The van der Waals surface area contributed by atoms with Crippen LogP contribution >= 0.6 is 0 Å². The van der Waals surface area contributed by atoms with E-state index in [1.165, 1.54) is 0 Å². The highest BCUT2D eigenvalue weighted by atomic mass is 19.4. The first-order valence-corrected chi connectivity index (χ1v) is 9.63. The number of esters is 4. The third-order valence-electron chi connectivity index (χ3n) is 4.41. The van der Waals surface area contributed by atoms with Gasteiger partial charge in [-0.2, -0.15) is 13.2 Å². The van der Waals surface area contributed by atoms with E-state index in [0.717, 1.165) is 33.9 Å². The topological polar surface area (TPSA) is 150 Å². The largest absolute Gasteiger partial charge is 0.467 e. The lowest BCUT2D eigenvalue weighted by molar-refractivity contribution is -0.282. The number of methoxy groups -OCH3 is 1. The van der Waals surface area contributed by atoms with Gasteiger partial charge in [0.15, 0.2) is 18.3 Å². The molecule has 34 heavy (non-hydrogen) atoms. The molecule has 0 aliphatic carbocycles.